The highest BCUT2D eigenvalue weighted by atomic mass is 15.3. The third-order valence-electron chi connectivity index (χ3n) is 4.18. The van der Waals surface area contributed by atoms with Gasteiger partial charge in [0.05, 0.1) is 5.54 Å². The number of piperazine rings is 1. The van der Waals surface area contributed by atoms with Crippen molar-refractivity contribution >= 4 is 0 Å². The number of rotatable bonds is 3. The fraction of sp³-hybridized carbons (Fsp3) is 0.625. The molecule has 1 fully saturated rings. The molecule has 1 aliphatic rings. The molecule has 0 aromatic heterocycles. The van der Waals surface area contributed by atoms with E-state index in [2.05, 4.69) is 68.2 Å². The van der Waals surface area contributed by atoms with Crippen molar-refractivity contribution in [3.05, 3.63) is 35.9 Å². The lowest BCUT2D eigenvalue weighted by molar-refractivity contribution is 0.0315. The predicted octanol–water partition coefficient (Wildman–Crippen LogP) is 3.00. The van der Waals surface area contributed by atoms with Crippen molar-refractivity contribution in [1.29, 1.82) is 0 Å². The number of nitrogens with zero attached hydrogens (tertiary/aromatic N) is 1. The van der Waals surface area contributed by atoms with Crippen LogP contribution in [0.4, 0.5) is 0 Å². The molecule has 1 aromatic rings. The molecule has 0 saturated carbocycles. The Bertz CT molecular complexity index is 385. The van der Waals surface area contributed by atoms with Crippen LogP contribution in [0.25, 0.3) is 0 Å². The second-order valence-corrected chi connectivity index (χ2v) is 6.29. The highest BCUT2D eigenvalue weighted by Crippen LogP contribution is 2.30. The standard InChI is InChI=1S/C16H26N2/c1-5-11-18-13-16(4,17-12-15(18,2)3)14-9-7-6-8-10-14/h6-10,17H,5,11-13H2,1-4H3. The molecule has 1 saturated heterocycles. The lowest BCUT2D eigenvalue weighted by Crippen LogP contribution is -2.65. The van der Waals surface area contributed by atoms with Crippen molar-refractivity contribution in [2.24, 2.45) is 0 Å². The second kappa shape index (κ2) is 5.02. The van der Waals surface area contributed by atoms with Crippen LogP contribution in [0.5, 0.6) is 0 Å². The minimum atomic E-state index is 0.0753. The summed E-state index contributed by atoms with van der Waals surface area (Å²) in [6.45, 7) is 12.5. The van der Waals surface area contributed by atoms with Crippen molar-refractivity contribution in [1.82, 2.24) is 10.2 Å². The Labute approximate surface area is 111 Å². The van der Waals surface area contributed by atoms with E-state index < -0.39 is 0 Å². The fourth-order valence-corrected chi connectivity index (χ4v) is 2.83. The molecule has 0 spiro atoms. The van der Waals surface area contributed by atoms with Gasteiger partial charge in [0, 0.05) is 18.6 Å². The maximum atomic E-state index is 3.75. The average Bonchev–Trinajstić information content (AvgIpc) is 2.36. The number of hydrogen-bond acceptors (Lipinski definition) is 2. The van der Waals surface area contributed by atoms with E-state index >= 15 is 0 Å². The first-order valence-corrected chi connectivity index (χ1v) is 7.03. The Balaban J connectivity index is 2.22. The van der Waals surface area contributed by atoms with Crippen LogP contribution >= 0.6 is 0 Å². The molecule has 0 radical (unpaired) electrons. The molecule has 1 aliphatic heterocycles. The summed E-state index contributed by atoms with van der Waals surface area (Å²) in [5.74, 6) is 0. The Morgan fingerprint density at radius 2 is 1.83 bits per heavy atom. The van der Waals surface area contributed by atoms with Gasteiger partial charge < -0.3 is 5.32 Å². The molecular weight excluding hydrogens is 220 g/mol. The number of benzene rings is 1. The van der Waals surface area contributed by atoms with Gasteiger partial charge in [-0.1, -0.05) is 37.3 Å². The summed E-state index contributed by atoms with van der Waals surface area (Å²) in [6, 6.07) is 10.8. The van der Waals surface area contributed by atoms with Crippen molar-refractivity contribution in [3.63, 3.8) is 0 Å². The topological polar surface area (TPSA) is 15.3 Å². The van der Waals surface area contributed by atoms with Crippen LogP contribution in [0.1, 0.15) is 39.7 Å². The van der Waals surface area contributed by atoms with Crippen molar-refractivity contribution in [3.8, 4) is 0 Å². The summed E-state index contributed by atoms with van der Waals surface area (Å²) in [5, 5.41) is 3.75. The zero-order valence-corrected chi connectivity index (χ0v) is 12.2. The van der Waals surface area contributed by atoms with Crippen molar-refractivity contribution in [2.45, 2.75) is 45.2 Å². The quantitative estimate of drug-likeness (QED) is 0.882. The molecular formula is C16H26N2. The smallest absolute Gasteiger partial charge is 0.0535 e. The van der Waals surface area contributed by atoms with E-state index in [1.165, 1.54) is 18.5 Å². The minimum Gasteiger partial charge on any atom is -0.305 e. The summed E-state index contributed by atoms with van der Waals surface area (Å²) in [4.78, 5) is 2.62. The van der Waals surface area contributed by atoms with Gasteiger partial charge in [-0.2, -0.15) is 0 Å². The normalized spacial score (nSPS) is 28.2. The van der Waals surface area contributed by atoms with Crippen LogP contribution in [0, 0.1) is 0 Å². The highest BCUT2D eigenvalue weighted by Gasteiger charge is 2.40. The molecule has 0 amide bonds. The first-order chi connectivity index (χ1) is 8.48. The zero-order valence-electron chi connectivity index (χ0n) is 12.2. The van der Waals surface area contributed by atoms with Gasteiger partial charge in [0.1, 0.15) is 0 Å². The largest absolute Gasteiger partial charge is 0.305 e. The van der Waals surface area contributed by atoms with E-state index in [0.29, 0.717) is 0 Å². The van der Waals surface area contributed by atoms with E-state index in [9.17, 15) is 0 Å². The van der Waals surface area contributed by atoms with E-state index in [-0.39, 0.29) is 11.1 Å². The van der Waals surface area contributed by atoms with Gasteiger partial charge in [-0.3, -0.25) is 4.90 Å². The molecule has 0 bridgehead atoms. The van der Waals surface area contributed by atoms with Crippen LogP contribution in [0.3, 0.4) is 0 Å². The molecule has 2 nitrogen and oxygen atoms in total. The Morgan fingerprint density at radius 3 is 2.44 bits per heavy atom. The molecule has 0 aliphatic carbocycles. The van der Waals surface area contributed by atoms with Crippen LogP contribution in [0.15, 0.2) is 30.3 Å². The maximum absolute atomic E-state index is 3.75. The first kappa shape index (κ1) is 13.6. The van der Waals surface area contributed by atoms with Crippen molar-refractivity contribution < 1.29 is 0 Å². The number of hydrogen-bond donors (Lipinski definition) is 1. The van der Waals surface area contributed by atoms with Crippen LogP contribution in [0.2, 0.25) is 0 Å². The fourth-order valence-electron chi connectivity index (χ4n) is 2.83. The van der Waals surface area contributed by atoms with E-state index in [4.69, 9.17) is 0 Å². The summed E-state index contributed by atoms with van der Waals surface area (Å²) in [6.07, 6.45) is 1.22. The summed E-state index contributed by atoms with van der Waals surface area (Å²) in [7, 11) is 0. The average molecular weight is 246 g/mol. The van der Waals surface area contributed by atoms with E-state index in [0.717, 1.165) is 13.1 Å². The molecule has 1 unspecified atom stereocenters. The van der Waals surface area contributed by atoms with Crippen LogP contribution in [-0.2, 0) is 5.54 Å². The van der Waals surface area contributed by atoms with Gasteiger partial charge in [-0.05, 0) is 39.3 Å². The maximum Gasteiger partial charge on any atom is 0.0535 e. The Hall–Kier alpha value is -0.860. The molecule has 18 heavy (non-hydrogen) atoms. The molecule has 2 heteroatoms. The summed E-state index contributed by atoms with van der Waals surface area (Å²) < 4.78 is 0. The summed E-state index contributed by atoms with van der Waals surface area (Å²) >= 11 is 0. The zero-order chi connectivity index (χ0) is 13.2. The van der Waals surface area contributed by atoms with Crippen molar-refractivity contribution in [2.75, 3.05) is 19.6 Å². The van der Waals surface area contributed by atoms with Gasteiger partial charge >= 0.3 is 0 Å². The van der Waals surface area contributed by atoms with E-state index in [1.54, 1.807) is 0 Å². The minimum absolute atomic E-state index is 0.0753. The second-order valence-electron chi connectivity index (χ2n) is 6.29. The van der Waals surface area contributed by atoms with Crippen LogP contribution in [-0.4, -0.2) is 30.1 Å². The first-order valence-electron chi connectivity index (χ1n) is 7.03. The van der Waals surface area contributed by atoms with Gasteiger partial charge in [-0.15, -0.1) is 0 Å². The Morgan fingerprint density at radius 1 is 1.17 bits per heavy atom. The lowest BCUT2D eigenvalue weighted by Gasteiger charge is -2.51. The van der Waals surface area contributed by atoms with Gasteiger partial charge in [-0.25, -0.2) is 0 Å². The summed E-state index contributed by atoms with van der Waals surface area (Å²) in [5.41, 5.74) is 1.72. The van der Waals surface area contributed by atoms with Gasteiger partial charge in [0.15, 0.2) is 0 Å². The lowest BCUT2D eigenvalue weighted by atomic mass is 9.85. The third kappa shape index (κ3) is 2.60. The van der Waals surface area contributed by atoms with E-state index in [1.807, 2.05) is 0 Å². The Kier molecular flexibility index (Phi) is 3.79. The highest BCUT2D eigenvalue weighted by molar-refractivity contribution is 5.25. The third-order valence-corrected chi connectivity index (χ3v) is 4.18. The van der Waals surface area contributed by atoms with Gasteiger partial charge in [0.2, 0.25) is 0 Å². The molecule has 1 atom stereocenters. The molecule has 1 N–H and O–H groups in total. The SMILES string of the molecule is CCCN1CC(C)(c2ccccc2)NCC1(C)C. The monoisotopic (exact) mass is 246 g/mol. The molecule has 1 heterocycles. The van der Waals surface area contributed by atoms with Gasteiger partial charge in [0.25, 0.3) is 0 Å². The molecule has 2 rings (SSSR count). The number of nitrogens with one attached hydrogen (secondary N) is 1. The molecule has 100 valence electrons. The van der Waals surface area contributed by atoms with Crippen LogP contribution < -0.4 is 5.32 Å². The predicted molar refractivity (Wildman–Crippen MR) is 77.7 cm³/mol. The molecule has 1 aromatic carbocycles.